The lowest BCUT2D eigenvalue weighted by Crippen LogP contribution is -2.51. The number of para-hydroxylation sites is 1. The molecule has 0 radical (unpaired) electrons. The Morgan fingerprint density at radius 3 is 2.70 bits per heavy atom. The molecule has 3 aromatic rings. The molecule has 1 fully saturated rings. The summed E-state index contributed by atoms with van der Waals surface area (Å²) in [6.45, 7) is 11.2. The molecule has 0 saturated carbocycles. The number of aromatic nitrogens is 1. The first-order valence-electron chi connectivity index (χ1n) is 11.9. The molecule has 0 aliphatic carbocycles. The summed E-state index contributed by atoms with van der Waals surface area (Å²) in [5.41, 5.74) is 1.55. The summed E-state index contributed by atoms with van der Waals surface area (Å²) in [4.78, 5) is 10.8. The Kier molecular flexibility index (Phi) is 8.17. The second kappa shape index (κ2) is 11.1. The van der Waals surface area contributed by atoms with Crippen molar-refractivity contribution in [3.8, 4) is 5.75 Å². The first kappa shape index (κ1) is 24.3. The van der Waals surface area contributed by atoms with Crippen molar-refractivity contribution in [1.29, 1.82) is 0 Å². The zero-order valence-corrected chi connectivity index (χ0v) is 21.6. The molecule has 1 aliphatic rings. The lowest BCUT2D eigenvalue weighted by atomic mass is 10.0. The summed E-state index contributed by atoms with van der Waals surface area (Å²) >= 11 is 3.60. The molecule has 2 aromatic carbocycles. The van der Waals surface area contributed by atoms with Gasteiger partial charge in [0.15, 0.2) is 0 Å². The van der Waals surface area contributed by atoms with E-state index >= 15 is 0 Å². The third kappa shape index (κ3) is 6.41. The van der Waals surface area contributed by atoms with E-state index in [1.165, 1.54) is 17.0 Å². The number of fused-ring (bicyclic) bond motifs is 1. The van der Waals surface area contributed by atoms with Crippen molar-refractivity contribution in [1.82, 2.24) is 9.88 Å². The lowest BCUT2D eigenvalue weighted by molar-refractivity contribution is 0.00138. The monoisotopic (exact) mass is 485 g/mol. The van der Waals surface area contributed by atoms with Crippen LogP contribution in [0.2, 0.25) is 0 Å². The maximum Gasteiger partial charge on any atom is 0.138 e. The van der Waals surface area contributed by atoms with Crippen molar-refractivity contribution in [2.45, 2.75) is 44.1 Å². The number of hydrogen-bond donors (Lipinski definition) is 1. The number of aliphatic hydroxyl groups is 1. The Labute approximate surface area is 205 Å². The molecule has 1 atom stereocenters. The molecule has 1 N–H and O–H groups in total. The number of piperazine rings is 1. The number of rotatable bonds is 10. The van der Waals surface area contributed by atoms with Crippen molar-refractivity contribution in [2.75, 3.05) is 50.0 Å². The fourth-order valence-corrected chi connectivity index (χ4v) is 6.12. The highest BCUT2D eigenvalue weighted by Crippen LogP contribution is 2.32. The van der Waals surface area contributed by atoms with Crippen LogP contribution in [0.3, 0.4) is 0 Å². The molecule has 0 bridgehead atoms. The summed E-state index contributed by atoms with van der Waals surface area (Å²) in [6.07, 6.45) is 1.78. The fourth-order valence-electron chi connectivity index (χ4n) is 4.29. The zero-order valence-electron chi connectivity index (χ0n) is 19.9. The predicted octanol–water partition coefficient (Wildman–Crippen LogP) is 5.45. The van der Waals surface area contributed by atoms with E-state index in [0.29, 0.717) is 19.6 Å². The highest BCUT2D eigenvalue weighted by Gasteiger charge is 2.27. The summed E-state index contributed by atoms with van der Waals surface area (Å²) < 4.78 is 7.15. The van der Waals surface area contributed by atoms with Gasteiger partial charge < -0.3 is 14.7 Å². The number of nitrogens with zero attached hydrogens (tertiary/aromatic N) is 3. The number of benzene rings is 2. The molecule has 2 heterocycles. The molecular formula is C26H35N3O2S2. The van der Waals surface area contributed by atoms with Gasteiger partial charge in [0, 0.05) is 44.0 Å². The van der Waals surface area contributed by atoms with Crippen LogP contribution < -0.4 is 9.64 Å². The van der Waals surface area contributed by atoms with Gasteiger partial charge in [-0.15, -0.1) is 23.1 Å². The van der Waals surface area contributed by atoms with Crippen LogP contribution in [0.15, 0.2) is 47.4 Å². The number of hydrogen-bond acceptors (Lipinski definition) is 7. The van der Waals surface area contributed by atoms with Gasteiger partial charge in [0.2, 0.25) is 0 Å². The average Bonchev–Trinajstić information content (AvgIpc) is 3.19. The van der Waals surface area contributed by atoms with Gasteiger partial charge in [0.05, 0.1) is 33.1 Å². The predicted molar refractivity (Wildman–Crippen MR) is 141 cm³/mol. The number of β-amino-alcohol motifs (C(OH)–C–C–N with tert-alkyl or cyclic N) is 1. The fraction of sp³-hybridized carbons (Fsp3) is 0.500. The van der Waals surface area contributed by atoms with Gasteiger partial charge in [-0.2, -0.15) is 0 Å². The smallest absolute Gasteiger partial charge is 0.138 e. The van der Waals surface area contributed by atoms with Gasteiger partial charge in [-0.3, -0.25) is 4.90 Å². The van der Waals surface area contributed by atoms with E-state index in [9.17, 15) is 5.11 Å². The lowest BCUT2D eigenvalue weighted by Gasteiger charge is -2.39. The standard InChI is InChI=1S/C26H35N3O2S2/c1-4-18-32-24-11-6-5-9-22(24)29-15-13-28(14-16-29)19-26(3,30)12-17-31-23-10-7-8-21-25(23)33-20(2)27-21/h5-11,30H,4,12-19H2,1-3H3. The normalized spacial score (nSPS) is 16.8. The van der Waals surface area contributed by atoms with Crippen LogP contribution in [0.5, 0.6) is 5.75 Å². The molecule has 1 saturated heterocycles. The van der Waals surface area contributed by atoms with Crippen LogP contribution in [0, 0.1) is 6.92 Å². The van der Waals surface area contributed by atoms with E-state index in [1.54, 1.807) is 11.3 Å². The quantitative estimate of drug-likeness (QED) is 0.386. The van der Waals surface area contributed by atoms with Crippen LogP contribution in [0.4, 0.5) is 5.69 Å². The van der Waals surface area contributed by atoms with Crippen molar-refractivity contribution >= 4 is 39.0 Å². The molecule has 0 spiro atoms. The second-order valence-corrected chi connectivity index (χ2v) is 11.4. The molecule has 1 aromatic heterocycles. The molecule has 4 rings (SSSR count). The zero-order chi connectivity index (χ0) is 23.3. The van der Waals surface area contributed by atoms with Gasteiger partial charge in [-0.25, -0.2) is 4.98 Å². The van der Waals surface area contributed by atoms with Gasteiger partial charge >= 0.3 is 0 Å². The maximum absolute atomic E-state index is 11.0. The van der Waals surface area contributed by atoms with Crippen LogP contribution in [-0.4, -0.2) is 65.7 Å². The number of thioether (sulfide) groups is 1. The minimum Gasteiger partial charge on any atom is -0.492 e. The number of thiazole rings is 1. The first-order chi connectivity index (χ1) is 15.9. The summed E-state index contributed by atoms with van der Waals surface area (Å²) in [6, 6.07) is 14.7. The van der Waals surface area contributed by atoms with E-state index in [1.807, 2.05) is 43.8 Å². The number of ether oxygens (including phenoxy) is 1. The maximum atomic E-state index is 11.0. The topological polar surface area (TPSA) is 48.8 Å². The Balaban J connectivity index is 1.26. The molecule has 1 unspecified atom stereocenters. The Bertz CT molecular complexity index is 1040. The van der Waals surface area contributed by atoms with E-state index in [4.69, 9.17) is 4.74 Å². The van der Waals surface area contributed by atoms with E-state index in [2.05, 4.69) is 46.0 Å². The number of anilines is 1. The largest absolute Gasteiger partial charge is 0.492 e. The van der Waals surface area contributed by atoms with Crippen molar-refractivity contribution in [3.05, 3.63) is 47.5 Å². The molecule has 7 heteroatoms. The van der Waals surface area contributed by atoms with Crippen molar-refractivity contribution < 1.29 is 9.84 Å². The van der Waals surface area contributed by atoms with E-state index in [0.717, 1.165) is 52.9 Å². The molecule has 33 heavy (non-hydrogen) atoms. The average molecular weight is 486 g/mol. The molecule has 0 amide bonds. The van der Waals surface area contributed by atoms with Gasteiger partial charge in [0.1, 0.15) is 5.75 Å². The Morgan fingerprint density at radius 2 is 1.91 bits per heavy atom. The minimum atomic E-state index is -0.783. The van der Waals surface area contributed by atoms with Gasteiger partial charge in [-0.1, -0.05) is 25.1 Å². The van der Waals surface area contributed by atoms with E-state index in [-0.39, 0.29) is 0 Å². The highest BCUT2D eigenvalue weighted by molar-refractivity contribution is 7.99. The molecule has 178 valence electrons. The molecule has 5 nitrogen and oxygen atoms in total. The first-order valence-corrected chi connectivity index (χ1v) is 13.7. The van der Waals surface area contributed by atoms with Gasteiger partial charge in [-0.05, 0) is 50.3 Å². The SMILES string of the molecule is CCCSc1ccccc1N1CCN(CC(C)(O)CCOc2cccc3nc(C)sc23)CC1. The van der Waals surface area contributed by atoms with Crippen LogP contribution in [0.1, 0.15) is 31.7 Å². The summed E-state index contributed by atoms with van der Waals surface area (Å²) in [7, 11) is 0. The van der Waals surface area contributed by atoms with Crippen LogP contribution in [0.25, 0.3) is 10.2 Å². The Hall–Kier alpha value is -1.80. The number of aryl methyl sites for hydroxylation is 1. The molecular weight excluding hydrogens is 450 g/mol. The minimum absolute atomic E-state index is 0.491. The third-order valence-corrected chi connectivity index (χ3v) is 8.26. The molecule has 1 aliphatic heterocycles. The van der Waals surface area contributed by atoms with Gasteiger partial charge in [0.25, 0.3) is 0 Å². The summed E-state index contributed by atoms with van der Waals surface area (Å²) in [5.74, 6) is 2.01. The van der Waals surface area contributed by atoms with E-state index < -0.39 is 5.60 Å². The third-order valence-electron chi connectivity index (χ3n) is 5.99. The van der Waals surface area contributed by atoms with Crippen LogP contribution in [-0.2, 0) is 0 Å². The highest BCUT2D eigenvalue weighted by atomic mass is 32.2. The second-order valence-electron chi connectivity index (χ2n) is 9.01. The Morgan fingerprint density at radius 1 is 1.12 bits per heavy atom. The van der Waals surface area contributed by atoms with Crippen molar-refractivity contribution in [2.24, 2.45) is 0 Å². The summed E-state index contributed by atoms with van der Waals surface area (Å²) in [5, 5.41) is 12.1. The van der Waals surface area contributed by atoms with Crippen LogP contribution >= 0.6 is 23.1 Å². The van der Waals surface area contributed by atoms with Crippen molar-refractivity contribution in [3.63, 3.8) is 0 Å².